The Labute approximate surface area is 119 Å². The van der Waals surface area contributed by atoms with Crippen molar-refractivity contribution in [3.8, 4) is 5.75 Å². The van der Waals surface area contributed by atoms with Gasteiger partial charge in [-0.05, 0) is 31.5 Å². The van der Waals surface area contributed by atoms with Gasteiger partial charge in [0.2, 0.25) is 0 Å². The lowest BCUT2D eigenvalue weighted by molar-refractivity contribution is -0.0499. The second kappa shape index (κ2) is 6.28. The highest BCUT2D eigenvalue weighted by atomic mass is 32.1. The van der Waals surface area contributed by atoms with E-state index < -0.39 is 12.7 Å². The molecule has 2 aromatic rings. The molecule has 6 heteroatoms. The van der Waals surface area contributed by atoms with Gasteiger partial charge in [0, 0.05) is 11.3 Å². The maximum atomic E-state index is 12.2. The number of aliphatic hydroxyl groups excluding tert-OH is 1. The van der Waals surface area contributed by atoms with Crippen molar-refractivity contribution in [2.75, 3.05) is 0 Å². The van der Waals surface area contributed by atoms with Crippen LogP contribution in [0.25, 0.3) is 0 Å². The van der Waals surface area contributed by atoms with Crippen molar-refractivity contribution in [3.63, 3.8) is 0 Å². The third-order valence-corrected chi connectivity index (χ3v) is 4.00. The zero-order valence-corrected chi connectivity index (χ0v) is 12.0. The topological polar surface area (TPSA) is 42.4 Å². The van der Waals surface area contributed by atoms with Crippen LogP contribution in [-0.4, -0.2) is 16.7 Å². The number of aryl methyl sites for hydroxylation is 2. The number of hydrogen-bond acceptors (Lipinski definition) is 4. The summed E-state index contributed by atoms with van der Waals surface area (Å²) >= 11 is 1.53. The van der Waals surface area contributed by atoms with Crippen LogP contribution >= 0.6 is 11.3 Å². The third kappa shape index (κ3) is 3.74. The van der Waals surface area contributed by atoms with Gasteiger partial charge in [0.05, 0.1) is 16.8 Å². The molecule has 0 radical (unpaired) electrons. The van der Waals surface area contributed by atoms with Gasteiger partial charge in [-0.15, -0.1) is 11.3 Å². The molecular weight excluding hydrogens is 284 g/mol. The van der Waals surface area contributed by atoms with Crippen molar-refractivity contribution in [2.45, 2.75) is 33.0 Å². The Balaban J connectivity index is 2.10. The van der Waals surface area contributed by atoms with Crippen LogP contribution in [0.4, 0.5) is 8.78 Å². The van der Waals surface area contributed by atoms with Gasteiger partial charge in [-0.2, -0.15) is 8.78 Å². The first kappa shape index (κ1) is 14.9. The molecule has 2 rings (SSSR count). The predicted molar refractivity (Wildman–Crippen MR) is 73.3 cm³/mol. The highest BCUT2D eigenvalue weighted by Crippen LogP contribution is 2.26. The van der Waals surface area contributed by atoms with E-state index in [0.29, 0.717) is 12.0 Å². The Morgan fingerprint density at radius 3 is 2.70 bits per heavy atom. The lowest BCUT2D eigenvalue weighted by Crippen LogP contribution is -2.05. The van der Waals surface area contributed by atoms with Crippen LogP contribution in [0.2, 0.25) is 0 Å². The van der Waals surface area contributed by atoms with E-state index in [1.54, 1.807) is 12.1 Å². The number of aromatic nitrogens is 1. The molecule has 0 fully saturated rings. The van der Waals surface area contributed by atoms with Gasteiger partial charge in [0.1, 0.15) is 5.75 Å². The standard InChI is InChI=1S/C14H15F2NO2S/c1-8-9(2)20-13(17-8)7-12(18)10-4-3-5-11(6-10)19-14(15)16/h3-6,12,14,18H,7H2,1-2H3. The maximum Gasteiger partial charge on any atom is 0.387 e. The normalized spacial score (nSPS) is 12.7. The lowest BCUT2D eigenvalue weighted by Gasteiger charge is -2.11. The molecule has 0 aliphatic carbocycles. The van der Waals surface area contributed by atoms with Gasteiger partial charge in [-0.25, -0.2) is 4.98 Å². The second-order valence-corrected chi connectivity index (χ2v) is 5.71. The first-order valence-electron chi connectivity index (χ1n) is 6.11. The average molecular weight is 299 g/mol. The fraction of sp³-hybridized carbons (Fsp3) is 0.357. The van der Waals surface area contributed by atoms with Crippen LogP contribution in [0.1, 0.15) is 27.2 Å². The van der Waals surface area contributed by atoms with Gasteiger partial charge >= 0.3 is 6.61 Å². The number of nitrogens with zero attached hydrogens (tertiary/aromatic N) is 1. The van der Waals surface area contributed by atoms with E-state index in [2.05, 4.69) is 9.72 Å². The molecule has 0 saturated heterocycles. The molecule has 108 valence electrons. The van der Waals surface area contributed by atoms with Crippen molar-refractivity contribution in [3.05, 3.63) is 45.4 Å². The van der Waals surface area contributed by atoms with Crippen LogP contribution in [-0.2, 0) is 6.42 Å². The molecule has 0 amide bonds. The fourth-order valence-corrected chi connectivity index (χ4v) is 2.78. The number of rotatable bonds is 5. The Hall–Kier alpha value is -1.53. The number of aliphatic hydroxyl groups is 1. The van der Waals surface area contributed by atoms with Gasteiger partial charge in [0.25, 0.3) is 0 Å². The van der Waals surface area contributed by atoms with E-state index in [-0.39, 0.29) is 5.75 Å². The van der Waals surface area contributed by atoms with E-state index in [1.807, 2.05) is 13.8 Å². The summed E-state index contributed by atoms with van der Waals surface area (Å²) in [6.45, 7) is 1.02. The molecular formula is C14H15F2NO2S. The average Bonchev–Trinajstić information content (AvgIpc) is 2.67. The molecule has 0 spiro atoms. The van der Waals surface area contributed by atoms with Gasteiger partial charge < -0.3 is 9.84 Å². The molecule has 20 heavy (non-hydrogen) atoms. The Kier molecular flexibility index (Phi) is 4.67. The molecule has 1 aromatic carbocycles. The van der Waals surface area contributed by atoms with E-state index in [0.717, 1.165) is 15.6 Å². The molecule has 1 aromatic heterocycles. The van der Waals surface area contributed by atoms with Crippen LogP contribution in [0.5, 0.6) is 5.75 Å². The summed E-state index contributed by atoms with van der Waals surface area (Å²) < 4.78 is 28.6. The number of alkyl halides is 2. The van der Waals surface area contributed by atoms with Crippen LogP contribution in [0.15, 0.2) is 24.3 Å². The molecule has 0 saturated carbocycles. The minimum Gasteiger partial charge on any atom is -0.435 e. The van der Waals surface area contributed by atoms with Crippen molar-refractivity contribution in [1.29, 1.82) is 0 Å². The van der Waals surface area contributed by atoms with E-state index >= 15 is 0 Å². The Bertz CT molecular complexity index is 567. The maximum absolute atomic E-state index is 12.2. The second-order valence-electron chi connectivity index (χ2n) is 4.42. The minimum atomic E-state index is -2.87. The summed E-state index contributed by atoms with van der Waals surface area (Å²) in [5, 5.41) is 11.0. The zero-order chi connectivity index (χ0) is 14.7. The first-order valence-corrected chi connectivity index (χ1v) is 6.93. The van der Waals surface area contributed by atoms with Crippen molar-refractivity contribution in [1.82, 2.24) is 4.98 Å². The number of thiazole rings is 1. The van der Waals surface area contributed by atoms with Gasteiger partial charge in [-0.3, -0.25) is 0 Å². The van der Waals surface area contributed by atoms with Crippen LogP contribution in [0, 0.1) is 13.8 Å². The van der Waals surface area contributed by atoms with Crippen LogP contribution < -0.4 is 4.74 Å². The summed E-state index contributed by atoms with van der Waals surface area (Å²) in [4.78, 5) is 5.47. The first-order chi connectivity index (χ1) is 9.45. The van der Waals surface area contributed by atoms with E-state index in [9.17, 15) is 13.9 Å². The molecule has 0 aliphatic rings. The minimum absolute atomic E-state index is 0.0445. The molecule has 1 N–H and O–H groups in total. The molecule has 0 aliphatic heterocycles. The van der Waals surface area contributed by atoms with Crippen molar-refractivity contribution >= 4 is 11.3 Å². The summed E-state index contributed by atoms with van der Waals surface area (Å²) in [6, 6.07) is 6.11. The summed E-state index contributed by atoms with van der Waals surface area (Å²) in [7, 11) is 0. The number of halogens is 2. The van der Waals surface area contributed by atoms with Crippen molar-refractivity contribution in [2.24, 2.45) is 0 Å². The number of ether oxygens (including phenoxy) is 1. The monoisotopic (exact) mass is 299 g/mol. The SMILES string of the molecule is Cc1nc(CC(O)c2cccc(OC(F)F)c2)sc1C. The number of hydrogen-bond donors (Lipinski definition) is 1. The summed E-state index contributed by atoms with van der Waals surface area (Å²) in [5.41, 5.74) is 1.49. The molecule has 1 heterocycles. The quantitative estimate of drug-likeness (QED) is 0.916. The Morgan fingerprint density at radius 1 is 1.35 bits per heavy atom. The van der Waals surface area contributed by atoms with Crippen LogP contribution in [0.3, 0.4) is 0 Å². The third-order valence-electron chi connectivity index (χ3n) is 2.91. The molecule has 1 unspecified atom stereocenters. The van der Waals surface area contributed by atoms with Gasteiger partial charge in [-0.1, -0.05) is 12.1 Å². The molecule has 0 bridgehead atoms. The molecule has 3 nitrogen and oxygen atoms in total. The Morgan fingerprint density at radius 2 is 2.10 bits per heavy atom. The predicted octanol–water partition coefficient (Wildman–Crippen LogP) is 3.64. The fourth-order valence-electron chi connectivity index (χ4n) is 1.81. The van der Waals surface area contributed by atoms with Crippen molar-refractivity contribution < 1.29 is 18.6 Å². The van der Waals surface area contributed by atoms with E-state index in [4.69, 9.17) is 0 Å². The summed E-state index contributed by atoms with van der Waals surface area (Å²) in [6.07, 6.45) is -0.432. The number of benzene rings is 1. The highest BCUT2D eigenvalue weighted by Gasteiger charge is 2.14. The highest BCUT2D eigenvalue weighted by molar-refractivity contribution is 7.11. The lowest BCUT2D eigenvalue weighted by atomic mass is 10.1. The smallest absolute Gasteiger partial charge is 0.387 e. The van der Waals surface area contributed by atoms with E-state index in [1.165, 1.54) is 23.5 Å². The van der Waals surface area contributed by atoms with Gasteiger partial charge in [0.15, 0.2) is 0 Å². The molecule has 1 atom stereocenters. The zero-order valence-electron chi connectivity index (χ0n) is 11.1. The summed E-state index contributed by atoms with van der Waals surface area (Å²) in [5.74, 6) is 0.0445. The largest absolute Gasteiger partial charge is 0.435 e.